The molecule has 4 heteroatoms. The maximum Gasteiger partial charge on any atom is 0.115 e. The second-order valence-corrected chi connectivity index (χ2v) is 5.16. The first kappa shape index (κ1) is 12.7. The van der Waals surface area contributed by atoms with Crippen LogP contribution in [0.15, 0.2) is 42.5 Å². The van der Waals surface area contributed by atoms with E-state index < -0.39 is 0 Å². The molecule has 0 saturated carbocycles. The minimum Gasteiger partial charge on any atom is -0.508 e. The number of rotatable bonds is 3. The zero-order chi connectivity index (χ0) is 14.1. The van der Waals surface area contributed by atoms with Crippen LogP contribution in [0.4, 0.5) is 0 Å². The number of aromatic nitrogens is 2. The van der Waals surface area contributed by atoms with Gasteiger partial charge >= 0.3 is 0 Å². The summed E-state index contributed by atoms with van der Waals surface area (Å²) in [5, 5.41) is 17.8. The summed E-state index contributed by atoms with van der Waals surface area (Å²) in [7, 11) is 0. The Kier molecular flexibility index (Phi) is 3.16. The number of aromatic hydroxyl groups is 1. The Labute approximate surface area is 117 Å². The summed E-state index contributed by atoms with van der Waals surface area (Å²) in [4.78, 5) is 0. The van der Waals surface area contributed by atoms with Gasteiger partial charge in [0.15, 0.2) is 0 Å². The lowest BCUT2D eigenvalue weighted by atomic mass is 10.0. The van der Waals surface area contributed by atoms with Gasteiger partial charge < -0.3 is 10.8 Å². The molecule has 0 aliphatic carbocycles. The number of nitrogens with one attached hydrogen (secondary N) is 1. The highest BCUT2D eigenvalue weighted by Crippen LogP contribution is 2.27. The van der Waals surface area contributed by atoms with Crippen molar-refractivity contribution in [1.29, 1.82) is 0 Å². The van der Waals surface area contributed by atoms with E-state index in [0.29, 0.717) is 0 Å². The van der Waals surface area contributed by atoms with Crippen molar-refractivity contribution in [2.24, 2.45) is 5.73 Å². The highest BCUT2D eigenvalue weighted by Gasteiger charge is 2.09. The molecule has 1 aromatic heterocycles. The summed E-state index contributed by atoms with van der Waals surface area (Å²) in [6, 6.07) is 13.4. The number of hydrogen-bond acceptors (Lipinski definition) is 3. The third kappa shape index (κ3) is 2.38. The van der Waals surface area contributed by atoms with E-state index in [1.165, 1.54) is 0 Å². The van der Waals surface area contributed by atoms with E-state index in [-0.39, 0.29) is 11.8 Å². The van der Waals surface area contributed by atoms with Gasteiger partial charge in [-0.05, 0) is 42.3 Å². The molecule has 1 atom stereocenters. The minimum absolute atomic E-state index is 0.0935. The monoisotopic (exact) mass is 267 g/mol. The maximum absolute atomic E-state index is 9.36. The van der Waals surface area contributed by atoms with Gasteiger partial charge in [0.25, 0.3) is 0 Å². The molecule has 0 fully saturated rings. The molecule has 3 rings (SSSR count). The molecule has 0 saturated heterocycles. The molecule has 1 unspecified atom stereocenters. The van der Waals surface area contributed by atoms with Gasteiger partial charge in [-0.15, -0.1) is 0 Å². The zero-order valence-electron chi connectivity index (χ0n) is 11.3. The van der Waals surface area contributed by atoms with Gasteiger partial charge in [-0.25, -0.2) is 0 Å². The van der Waals surface area contributed by atoms with E-state index in [2.05, 4.69) is 16.3 Å². The second-order valence-electron chi connectivity index (χ2n) is 5.16. The SMILES string of the molecule is CC(N)Cc1[nH]nc2ccc(-c3ccc(O)cc3)cc12. The van der Waals surface area contributed by atoms with Crippen molar-refractivity contribution in [3.8, 4) is 16.9 Å². The highest BCUT2D eigenvalue weighted by molar-refractivity contribution is 5.86. The first-order chi connectivity index (χ1) is 9.63. The summed E-state index contributed by atoms with van der Waals surface area (Å²) >= 11 is 0. The predicted molar refractivity (Wildman–Crippen MR) is 80.5 cm³/mol. The van der Waals surface area contributed by atoms with Gasteiger partial charge in [0.05, 0.1) is 5.52 Å². The Balaban J connectivity index is 2.06. The van der Waals surface area contributed by atoms with Crippen LogP contribution in [-0.2, 0) is 6.42 Å². The number of phenolic OH excluding ortho intramolecular Hbond substituents is 1. The number of nitrogens with two attached hydrogens (primary N) is 1. The molecule has 3 aromatic rings. The molecule has 1 heterocycles. The smallest absolute Gasteiger partial charge is 0.115 e. The van der Waals surface area contributed by atoms with Crippen LogP contribution in [0.5, 0.6) is 5.75 Å². The molecule has 4 nitrogen and oxygen atoms in total. The molecule has 0 bridgehead atoms. The average molecular weight is 267 g/mol. The van der Waals surface area contributed by atoms with Crippen molar-refractivity contribution in [3.05, 3.63) is 48.2 Å². The molecule has 20 heavy (non-hydrogen) atoms. The Hall–Kier alpha value is -2.33. The van der Waals surface area contributed by atoms with E-state index in [0.717, 1.165) is 34.1 Å². The average Bonchev–Trinajstić information content (AvgIpc) is 2.81. The lowest BCUT2D eigenvalue weighted by molar-refractivity contribution is 0.475. The number of benzene rings is 2. The van der Waals surface area contributed by atoms with Crippen molar-refractivity contribution in [2.75, 3.05) is 0 Å². The second kappa shape index (κ2) is 4.98. The lowest BCUT2D eigenvalue weighted by Crippen LogP contribution is -2.18. The molecule has 0 radical (unpaired) electrons. The topological polar surface area (TPSA) is 74.9 Å². The summed E-state index contributed by atoms with van der Waals surface area (Å²) in [6.45, 7) is 1.98. The Bertz CT molecular complexity index is 729. The number of phenols is 1. The first-order valence-corrected chi connectivity index (χ1v) is 6.65. The van der Waals surface area contributed by atoms with E-state index in [1.807, 2.05) is 31.2 Å². The fourth-order valence-electron chi connectivity index (χ4n) is 2.37. The van der Waals surface area contributed by atoms with Crippen LogP contribution in [0.25, 0.3) is 22.0 Å². The number of fused-ring (bicyclic) bond motifs is 1. The van der Waals surface area contributed by atoms with Crippen LogP contribution in [0, 0.1) is 0 Å². The van der Waals surface area contributed by atoms with Crippen LogP contribution >= 0.6 is 0 Å². The lowest BCUT2D eigenvalue weighted by Gasteiger charge is -2.05. The number of nitrogens with zero attached hydrogens (tertiary/aromatic N) is 1. The fourth-order valence-corrected chi connectivity index (χ4v) is 2.37. The number of aromatic amines is 1. The third-order valence-corrected chi connectivity index (χ3v) is 3.36. The summed E-state index contributed by atoms with van der Waals surface area (Å²) in [5.41, 5.74) is 10.0. The van der Waals surface area contributed by atoms with E-state index in [1.54, 1.807) is 12.1 Å². The zero-order valence-corrected chi connectivity index (χ0v) is 11.3. The van der Waals surface area contributed by atoms with E-state index in [9.17, 15) is 5.11 Å². The fraction of sp³-hybridized carbons (Fsp3) is 0.188. The summed E-state index contributed by atoms with van der Waals surface area (Å²) in [5.74, 6) is 0.274. The van der Waals surface area contributed by atoms with Crippen LogP contribution in [0.3, 0.4) is 0 Å². The molecule has 0 aliphatic heterocycles. The summed E-state index contributed by atoms with van der Waals surface area (Å²) in [6.07, 6.45) is 0.773. The minimum atomic E-state index is 0.0935. The molecule has 4 N–H and O–H groups in total. The van der Waals surface area contributed by atoms with Crippen molar-refractivity contribution < 1.29 is 5.11 Å². The van der Waals surface area contributed by atoms with Gasteiger partial charge in [0.2, 0.25) is 0 Å². The molecular weight excluding hydrogens is 250 g/mol. The summed E-state index contributed by atoms with van der Waals surface area (Å²) < 4.78 is 0. The van der Waals surface area contributed by atoms with Crippen molar-refractivity contribution in [1.82, 2.24) is 10.2 Å². The quantitative estimate of drug-likeness (QED) is 0.683. The largest absolute Gasteiger partial charge is 0.508 e. The normalized spacial score (nSPS) is 12.7. The van der Waals surface area contributed by atoms with E-state index in [4.69, 9.17) is 5.73 Å². The van der Waals surface area contributed by atoms with Gasteiger partial charge in [-0.2, -0.15) is 5.10 Å². The highest BCUT2D eigenvalue weighted by atomic mass is 16.3. The molecular formula is C16H17N3O. The van der Waals surface area contributed by atoms with Gasteiger partial charge in [-0.3, -0.25) is 5.10 Å². The molecule has 0 spiro atoms. The molecule has 2 aromatic carbocycles. The maximum atomic E-state index is 9.36. The van der Waals surface area contributed by atoms with Crippen LogP contribution in [-0.4, -0.2) is 21.3 Å². The Morgan fingerprint density at radius 1 is 1.15 bits per heavy atom. The van der Waals surface area contributed by atoms with Crippen LogP contribution in [0.2, 0.25) is 0 Å². The molecule has 102 valence electrons. The first-order valence-electron chi connectivity index (χ1n) is 6.65. The van der Waals surface area contributed by atoms with Gasteiger partial charge in [-0.1, -0.05) is 18.2 Å². The van der Waals surface area contributed by atoms with Crippen molar-refractivity contribution in [3.63, 3.8) is 0 Å². The van der Waals surface area contributed by atoms with Gasteiger partial charge in [0, 0.05) is 23.5 Å². The van der Waals surface area contributed by atoms with Crippen molar-refractivity contribution >= 4 is 10.9 Å². The van der Waals surface area contributed by atoms with Crippen LogP contribution < -0.4 is 5.73 Å². The number of hydrogen-bond donors (Lipinski definition) is 3. The van der Waals surface area contributed by atoms with Gasteiger partial charge in [0.1, 0.15) is 5.75 Å². The number of H-pyrrole nitrogens is 1. The van der Waals surface area contributed by atoms with E-state index >= 15 is 0 Å². The predicted octanol–water partition coefficient (Wildman–Crippen LogP) is 2.83. The standard InChI is InChI=1S/C16H17N3O/c1-10(17)8-16-14-9-12(4-7-15(14)18-19-16)11-2-5-13(20)6-3-11/h2-7,9-10,20H,8,17H2,1H3,(H,18,19). The van der Waals surface area contributed by atoms with Crippen LogP contribution in [0.1, 0.15) is 12.6 Å². The Morgan fingerprint density at radius 3 is 2.55 bits per heavy atom. The Morgan fingerprint density at radius 2 is 1.85 bits per heavy atom. The third-order valence-electron chi connectivity index (χ3n) is 3.36. The van der Waals surface area contributed by atoms with Crippen molar-refractivity contribution in [2.45, 2.75) is 19.4 Å². The molecule has 0 aliphatic rings. The molecule has 0 amide bonds.